The van der Waals surface area contributed by atoms with Crippen molar-refractivity contribution in [3.8, 4) is 0 Å². The van der Waals surface area contributed by atoms with Crippen molar-refractivity contribution in [2.24, 2.45) is 0 Å². The third-order valence-electron chi connectivity index (χ3n) is 1.95. The maximum atomic E-state index is 8.97. The van der Waals surface area contributed by atoms with E-state index in [0.29, 0.717) is 5.02 Å². The van der Waals surface area contributed by atoms with Crippen LogP contribution in [-0.2, 0) is 0 Å². The first kappa shape index (κ1) is 10.4. The Morgan fingerprint density at radius 1 is 1.46 bits per heavy atom. The first-order valence-electron chi connectivity index (χ1n) is 4.39. The molecule has 3 heteroatoms. The summed E-state index contributed by atoms with van der Waals surface area (Å²) >= 11 is 5.94. The molecule has 2 N–H and O–H groups in total. The molecule has 1 rings (SSSR count). The molecule has 0 aliphatic rings. The molecule has 0 bridgehead atoms. The Bertz CT molecular complexity index is 261. The van der Waals surface area contributed by atoms with Crippen molar-refractivity contribution < 1.29 is 5.11 Å². The molecule has 0 aromatic heterocycles. The highest BCUT2D eigenvalue weighted by Gasteiger charge is 2.05. The Morgan fingerprint density at radius 2 is 2.15 bits per heavy atom. The first-order chi connectivity index (χ1) is 6.27. The predicted octanol–water partition coefficient (Wildman–Crippen LogP) is 2.52. The largest absolute Gasteiger partial charge is 0.394 e. The van der Waals surface area contributed by atoms with Gasteiger partial charge in [-0.05, 0) is 18.6 Å². The minimum Gasteiger partial charge on any atom is -0.394 e. The zero-order valence-corrected chi connectivity index (χ0v) is 8.38. The number of aliphatic hydroxyl groups is 1. The molecule has 72 valence electrons. The van der Waals surface area contributed by atoms with Gasteiger partial charge in [-0.25, -0.2) is 0 Å². The molecule has 1 atom stereocenters. The van der Waals surface area contributed by atoms with Gasteiger partial charge in [-0.1, -0.05) is 30.7 Å². The van der Waals surface area contributed by atoms with Crippen LogP contribution in [0.1, 0.15) is 13.3 Å². The second kappa shape index (κ2) is 5.10. The van der Waals surface area contributed by atoms with Gasteiger partial charge in [-0.15, -0.1) is 0 Å². The predicted molar refractivity (Wildman–Crippen MR) is 56.2 cm³/mol. The van der Waals surface area contributed by atoms with Crippen molar-refractivity contribution in [2.75, 3.05) is 11.9 Å². The summed E-state index contributed by atoms with van der Waals surface area (Å²) in [5, 5.41) is 12.8. The second-order valence-electron chi connectivity index (χ2n) is 2.91. The fourth-order valence-corrected chi connectivity index (χ4v) is 1.27. The van der Waals surface area contributed by atoms with E-state index in [1.54, 1.807) is 0 Å². The third-order valence-corrected chi connectivity index (χ3v) is 2.28. The molecule has 0 heterocycles. The van der Waals surface area contributed by atoms with Gasteiger partial charge in [0, 0.05) is 6.04 Å². The fraction of sp³-hybridized carbons (Fsp3) is 0.400. The van der Waals surface area contributed by atoms with Gasteiger partial charge in [0.2, 0.25) is 0 Å². The summed E-state index contributed by atoms with van der Waals surface area (Å²) in [6, 6.07) is 7.61. The Labute approximate surface area is 83.5 Å². The number of para-hydroxylation sites is 1. The van der Waals surface area contributed by atoms with Crippen LogP contribution in [0.25, 0.3) is 0 Å². The molecule has 0 saturated carbocycles. The summed E-state index contributed by atoms with van der Waals surface area (Å²) in [6.45, 7) is 2.15. The van der Waals surface area contributed by atoms with Crippen molar-refractivity contribution in [3.05, 3.63) is 29.3 Å². The summed E-state index contributed by atoms with van der Waals surface area (Å²) in [5.41, 5.74) is 0.880. The lowest BCUT2D eigenvalue weighted by Crippen LogP contribution is -2.22. The van der Waals surface area contributed by atoms with Gasteiger partial charge in [0.25, 0.3) is 0 Å². The Balaban J connectivity index is 2.67. The van der Waals surface area contributed by atoms with Gasteiger partial charge in [0.15, 0.2) is 0 Å². The van der Waals surface area contributed by atoms with Crippen LogP contribution < -0.4 is 5.32 Å². The molecule has 0 spiro atoms. The molecule has 0 saturated heterocycles. The number of aliphatic hydroxyl groups excluding tert-OH is 1. The second-order valence-corrected chi connectivity index (χ2v) is 3.32. The number of halogens is 1. The maximum Gasteiger partial charge on any atom is 0.0637 e. The molecule has 1 unspecified atom stereocenters. The average molecular weight is 200 g/mol. The topological polar surface area (TPSA) is 32.3 Å². The molecular weight excluding hydrogens is 186 g/mol. The van der Waals surface area contributed by atoms with E-state index >= 15 is 0 Å². The summed E-state index contributed by atoms with van der Waals surface area (Å²) in [5.74, 6) is 0. The smallest absolute Gasteiger partial charge is 0.0637 e. The molecular formula is C10H14ClNO. The van der Waals surface area contributed by atoms with E-state index in [2.05, 4.69) is 5.32 Å². The normalized spacial score (nSPS) is 12.5. The lowest BCUT2D eigenvalue weighted by atomic mass is 10.2. The number of hydrogen-bond acceptors (Lipinski definition) is 2. The Kier molecular flexibility index (Phi) is 4.06. The standard InChI is InChI=1S/C10H14ClNO/c1-2-8(7-13)12-10-6-4-3-5-9(10)11/h3-6,8,12-13H,2,7H2,1H3. The van der Waals surface area contributed by atoms with Crippen molar-refractivity contribution in [3.63, 3.8) is 0 Å². The zero-order valence-electron chi connectivity index (χ0n) is 7.63. The third kappa shape index (κ3) is 2.90. The Morgan fingerprint density at radius 3 is 2.69 bits per heavy atom. The fourth-order valence-electron chi connectivity index (χ4n) is 1.07. The summed E-state index contributed by atoms with van der Waals surface area (Å²) in [6.07, 6.45) is 0.877. The molecule has 13 heavy (non-hydrogen) atoms. The number of hydrogen-bond donors (Lipinski definition) is 2. The molecule has 1 aromatic carbocycles. The number of nitrogens with one attached hydrogen (secondary N) is 1. The van der Waals surface area contributed by atoms with Crippen LogP contribution in [0.15, 0.2) is 24.3 Å². The molecule has 0 aliphatic carbocycles. The van der Waals surface area contributed by atoms with Crippen LogP contribution in [0.5, 0.6) is 0 Å². The number of benzene rings is 1. The molecule has 1 aromatic rings. The SMILES string of the molecule is CCC(CO)Nc1ccccc1Cl. The average Bonchev–Trinajstić information content (AvgIpc) is 2.17. The highest BCUT2D eigenvalue weighted by Crippen LogP contribution is 2.21. The van der Waals surface area contributed by atoms with Gasteiger partial charge in [0.1, 0.15) is 0 Å². The monoisotopic (exact) mass is 199 g/mol. The number of rotatable bonds is 4. The van der Waals surface area contributed by atoms with E-state index in [0.717, 1.165) is 12.1 Å². The van der Waals surface area contributed by atoms with Crippen molar-refractivity contribution in [2.45, 2.75) is 19.4 Å². The van der Waals surface area contributed by atoms with E-state index in [4.69, 9.17) is 16.7 Å². The lowest BCUT2D eigenvalue weighted by molar-refractivity contribution is 0.272. The molecule has 0 aliphatic heterocycles. The lowest BCUT2D eigenvalue weighted by Gasteiger charge is -2.16. The van der Waals surface area contributed by atoms with Crippen molar-refractivity contribution in [1.29, 1.82) is 0 Å². The van der Waals surface area contributed by atoms with Gasteiger partial charge >= 0.3 is 0 Å². The molecule has 2 nitrogen and oxygen atoms in total. The van der Waals surface area contributed by atoms with Gasteiger partial charge < -0.3 is 10.4 Å². The Hall–Kier alpha value is -0.730. The molecule has 0 fully saturated rings. The van der Waals surface area contributed by atoms with Gasteiger partial charge in [-0.3, -0.25) is 0 Å². The molecule has 0 amide bonds. The highest BCUT2D eigenvalue weighted by atomic mass is 35.5. The summed E-state index contributed by atoms with van der Waals surface area (Å²) in [4.78, 5) is 0. The van der Waals surface area contributed by atoms with E-state index in [9.17, 15) is 0 Å². The van der Waals surface area contributed by atoms with Crippen molar-refractivity contribution >= 4 is 17.3 Å². The van der Waals surface area contributed by atoms with Crippen LogP contribution in [-0.4, -0.2) is 17.8 Å². The van der Waals surface area contributed by atoms with Crippen LogP contribution in [0, 0.1) is 0 Å². The summed E-state index contributed by atoms with van der Waals surface area (Å²) < 4.78 is 0. The quantitative estimate of drug-likeness (QED) is 0.781. The minimum absolute atomic E-state index is 0.0832. The maximum absolute atomic E-state index is 8.97. The van der Waals surface area contributed by atoms with E-state index in [1.165, 1.54) is 0 Å². The van der Waals surface area contributed by atoms with Gasteiger partial charge in [-0.2, -0.15) is 0 Å². The van der Waals surface area contributed by atoms with Crippen LogP contribution in [0.3, 0.4) is 0 Å². The van der Waals surface area contributed by atoms with E-state index in [1.807, 2.05) is 31.2 Å². The highest BCUT2D eigenvalue weighted by molar-refractivity contribution is 6.33. The zero-order chi connectivity index (χ0) is 9.68. The van der Waals surface area contributed by atoms with E-state index in [-0.39, 0.29) is 12.6 Å². The first-order valence-corrected chi connectivity index (χ1v) is 4.77. The van der Waals surface area contributed by atoms with Gasteiger partial charge in [0.05, 0.1) is 17.3 Å². The number of anilines is 1. The van der Waals surface area contributed by atoms with Crippen LogP contribution in [0.2, 0.25) is 5.02 Å². The van der Waals surface area contributed by atoms with Crippen LogP contribution >= 0.6 is 11.6 Å². The minimum atomic E-state index is 0.0832. The van der Waals surface area contributed by atoms with E-state index < -0.39 is 0 Å². The summed E-state index contributed by atoms with van der Waals surface area (Å²) in [7, 11) is 0. The van der Waals surface area contributed by atoms with Crippen LogP contribution in [0.4, 0.5) is 5.69 Å². The van der Waals surface area contributed by atoms with Crippen molar-refractivity contribution in [1.82, 2.24) is 0 Å². The molecule has 0 radical (unpaired) electrons.